The molecule has 0 aromatic heterocycles. The maximum Gasteiger partial charge on any atom is 0.416 e. The van der Waals surface area contributed by atoms with E-state index in [1.165, 1.54) is 12.1 Å². The Morgan fingerprint density at radius 1 is 1.05 bits per heavy atom. The number of rotatable bonds is 4. The first-order valence-electron chi connectivity index (χ1n) is 6.56. The molecule has 0 saturated carbocycles. The van der Waals surface area contributed by atoms with Crippen LogP contribution < -0.4 is 10.1 Å². The number of ether oxygens (including phenoxy) is 1. The number of halogens is 3. The quantitative estimate of drug-likeness (QED) is 0.923. The minimum absolute atomic E-state index is 0.279. The van der Waals surface area contributed by atoms with Gasteiger partial charge in [0, 0.05) is 5.69 Å². The summed E-state index contributed by atoms with van der Waals surface area (Å²) >= 11 is 0. The van der Waals surface area contributed by atoms with Crippen molar-refractivity contribution in [2.75, 3.05) is 5.32 Å². The van der Waals surface area contributed by atoms with Crippen molar-refractivity contribution < 1.29 is 22.7 Å². The molecule has 0 aliphatic heterocycles. The minimum Gasteiger partial charge on any atom is -0.481 e. The van der Waals surface area contributed by atoms with Crippen LogP contribution in [0.25, 0.3) is 0 Å². The number of benzene rings is 2. The zero-order valence-electron chi connectivity index (χ0n) is 11.7. The van der Waals surface area contributed by atoms with Crippen molar-refractivity contribution in [2.45, 2.75) is 19.2 Å². The Balaban J connectivity index is 1.96. The Morgan fingerprint density at radius 3 is 2.18 bits per heavy atom. The highest BCUT2D eigenvalue weighted by Crippen LogP contribution is 2.29. The molecule has 0 heterocycles. The van der Waals surface area contributed by atoms with E-state index in [0.29, 0.717) is 5.75 Å². The van der Waals surface area contributed by atoms with E-state index >= 15 is 0 Å². The van der Waals surface area contributed by atoms with E-state index in [1.54, 1.807) is 31.2 Å². The van der Waals surface area contributed by atoms with Crippen molar-refractivity contribution >= 4 is 11.6 Å². The predicted octanol–water partition coefficient (Wildman–Crippen LogP) is 4.11. The van der Waals surface area contributed by atoms with E-state index in [4.69, 9.17) is 4.74 Å². The minimum atomic E-state index is -4.40. The number of nitrogens with one attached hydrogen (secondary N) is 1. The SMILES string of the molecule is CC(Oc1ccccc1)C(=O)Nc1ccc(C(F)(F)F)cc1. The number of carbonyl (C=O) groups excluding carboxylic acids is 1. The summed E-state index contributed by atoms with van der Waals surface area (Å²) in [5.41, 5.74) is -0.486. The zero-order valence-corrected chi connectivity index (χ0v) is 11.7. The van der Waals surface area contributed by atoms with Gasteiger partial charge in [0.15, 0.2) is 6.10 Å². The normalized spacial score (nSPS) is 12.5. The van der Waals surface area contributed by atoms with E-state index in [2.05, 4.69) is 5.32 Å². The number of amides is 1. The molecule has 0 aliphatic carbocycles. The molecule has 1 atom stereocenters. The highest BCUT2D eigenvalue weighted by Gasteiger charge is 2.30. The van der Waals surface area contributed by atoms with Gasteiger partial charge >= 0.3 is 6.18 Å². The van der Waals surface area contributed by atoms with Crippen LogP contribution >= 0.6 is 0 Å². The number of alkyl halides is 3. The molecule has 0 bridgehead atoms. The Bertz CT molecular complexity index is 624. The molecule has 0 spiro atoms. The third-order valence-electron chi connectivity index (χ3n) is 2.91. The van der Waals surface area contributed by atoms with Crippen LogP contribution in [0.1, 0.15) is 12.5 Å². The lowest BCUT2D eigenvalue weighted by atomic mass is 10.2. The van der Waals surface area contributed by atoms with Crippen LogP contribution in [0, 0.1) is 0 Å². The van der Waals surface area contributed by atoms with Gasteiger partial charge in [-0.25, -0.2) is 0 Å². The number of para-hydroxylation sites is 1. The topological polar surface area (TPSA) is 38.3 Å². The van der Waals surface area contributed by atoms with Crippen molar-refractivity contribution in [1.82, 2.24) is 0 Å². The Hall–Kier alpha value is -2.50. The fraction of sp³-hybridized carbons (Fsp3) is 0.188. The molecule has 0 fully saturated rings. The van der Waals surface area contributed by atoms with Crippen molar-refractivity contribution in [2.24, 2.45) is 0 Å². The van der Waals surface area contributed by atoms with Gasteiger partial charge in [0.05, 0.1) is 5.56 Å². The van der Waals surface area contributed by atoms with Crippen molar-refractivity contribution in [3.63, 3.8) is 0 Å². The summed E-state index contributed by atoms with van der Waals surface area (Å²) < 4.78 is 42.8. The van der Waals surface area contributed by atoms with Gasteiger partial charge < -0.3 is 10.1 Å². The third-order valence-corrected chi connectivity index (χ3v) is 2.91. The smallest absolute Gasteiger partial charge is 0.416 e. The van der Waals surface area contributed by atoms with Crippen LogP contribution in [-0.2, 0) is 11.0 Å². The summed E-state index contributed by atoms with van der Waals surface area (Å²) in [6, 6.07) is 13.0. The number of hydrogen-bond acceptors (Lipinski definition) is 2. The van der Waals surface area contributed by atoms with Gasteiger partial charge in [-0.15, -0.1) is 0 Å². The molecule has 2 rings (SSSR count). The molecular formula is C16H14F3NO2. The first-order valence-corrected chi connectivity index (χ1v) is 6.56. The lowest BCUT2D eigenvalue weighted by Gasteiger charge is -2.15. The molecule has 6 heteroatoms. The summed E-state index contributed by atoms with van der Waals surface area (Å²) in [7, 11) is 0. The summed E-state index contributed by atoms with van der Waals surface area (Å²) in [4.78, 5) is 11.9. The van der Waals surface area contributed by atoms with Crippen molar-refractivity contribution in [3.05, 3.63) is 60.2 Å². The zero-order chi connectivity index (χ0) is 16.2. The average Bonchev–Trinajstić information content (AvgIpc) is 2.48. The first-order chi connectivity index (χ1) is 10.4. The number of anilines is 1. The molecule has 0 saturated heterocycles. The average molecular weight is 309 g/mol. The maximum absolute atomic E-state index is 12.4. The second kappa shape index (κ2) is 6.51. The standard InChI is InChI=1S/C16H14F3NO2/c1-11(22-14-5-3-2-4-6-14)15(21)20-13-9-7-12(8-10-13)16(17,18)19/h2-11H,1H3,(H,20,21). The second-order valence-electron chi connectivity index (χ2n) is 4.64. The number of hydrogen-bond donors (Lipinski definition) is 1. The highest BCUT2D eigenvalue weighted by atomic mass is 19.4. The van der Waals surface area contributed by atoms with E-state index in [-0.39, 0.29) is 5.69 Å². The Kier molecular flexibility index (Phi) is 4.70. The van der Waals surface area contributed by atoms with Gasteiger partial charge in [0.25, 0.3) is 5.91 Å². The summed E-state index contributed by atoms with van der Waals surface area (Å²) in [5, 5.41) is 2.51. The number of carbonyl (C=O) groups is 1. The molecule has 0 radical (unpaired) electrons. The third kappa shape index (κ3) is 4.25. The van der Waals surface area contributed by atoms with E-state index < -0.39 is 23.8 Å². The molecule has 116 valence electrons. The summed E-state index contributed by atoms with van der Waals surface area (Å²) in [6.45, 7) is 1.56. The van der Waals surface area contributed by atoms with Crippen LogP contribution in [0.4, 0.5) is 18.9 Å². The molecule has 22 heavy (non-hydrogen) atoms. The van der Waals surface area contributed by atoms with Gasteiger partial charge in [-0.05, 0) is 43.3 Å². The monoisotopic (exact) mass is 309 g/mol. The van der Waals surface area contributed by atoms with Crippen molar-refractivity contribution in [3.8, 4) is 5.75 Å². The summed E-state index contributed by atoms with van der Waals surface area (Å²) in [6.07, 6.45) is -5.17. The van der Waals surface area contributed by atoms with Gasteiger partial charge in [0.1, 0.15) is 5.75 Å². The summed E-state index contributed by atoms with van der Waals surface area (Å²) in [5.74, 6) is 0.0983. The molecule has 1 unspecified atom stereocenters. The molecule has 3 nitrogen and oxygen atoms in total. The van der Waals surface area contributed by atoms with Crippen LogP contribution in [0.3, 0.4) is 0 Å². The Morgan fingerprint density at radius 2 is 1.64 bits per heavy atom. The fourth-order valence-electron chi connectivity index (χ4n) is 1.74. The van der Waals surface area contributed by atoms with Crippen LogP contribution in [0.15, 0.2) is 54.6 Å². The molecule has 1 N–H and O–H groups in total. The van der Waals surface area contributed by atoms with Crippen LogP contribution in [0.5, 0.6) is 5.75 Å². The van der Waals surface area contributed by atoms with Crippen molar-refractivity contribution in [1.29, 1.82) is 0 Å². The van der Waals surface area contributed by atoms with Gasteiger partial charge in [-0.2, -0.15) is 13.2 Å². The van der Waals surface area contributed by atoms with Gasteiger partial charge in [0.2, 0.25) is 0 Å². The fourth-order valence-corrected chi connectivity index (χ4v) is 1.74. The second-order valence-corrected chi connectivity index (χ2v) is 4.64. The van der Waals surface area contributed by atoms with E-state index in [0.717, 1.165) is 12.1 Å². The van der Waals surface area contributed by atoms with Crippen LogP contribution in [0.2, 0.25) is 0 Å². The molecular weight excluding hydrogens is 295 g/mol. The van der Waals surface area contributed by atoms with E-state index in [1.807, 2.05) is 6.07 Å². The molecule has 1 amide bonds. The van der Waals surface area contributed by atoms with Gasteiger partial charge in [-0.1, -0.05) is 18.2 Å². The molecule has 0 aliphatic rings. The maximum atomic E-state index is 12.4. The molecule has 2 aromatic carbocycles. The first kappa shape index (κ1) is 15.9. The van der Waals surface area contributed by atoms with Crippen LogP contribution in [-0.4, -0.2) is 12.0 Å². The largest absolute Gasteiger partial charge is 0.481 e. The lowest BCUT2D eigenvalue weighted by Crippen LogP contribution is -2.30. The Labute approximate surface area is 125 Å². The highest BCUT2D eigenvalue weighted by molar-refractivity contribution is 5.94. The predicted molar refractivity (Wildman–Crippen MR) is 76.6 cm³/mol. The molecule has 2 aromatic rings. The van der Waals surface area contributed by atoms with E-state index in [9.17, 15) is 18.0 Å². The lowest BCUT2D eigenvalue weighted by molar-refractivity contribution is -0.137. The van der Waals surface area contributed by atoms with Gasteiger partial charge in [-0.3, -0.25) is 4.79 Å².